The van der Waals surface area contributed by atoms with Crippen LogP contribution in [0.3, 0.4) is 0 Å². The summed E-state index contributed by atoms with van der Waals surface area (Å²) in [7, 11) is -3.75. The van der Waals surface area contributed by atoms with E-state index >= 15 is 0 Å². The third-order valence-electron chi connectivity index (χ3n) is 6.59. The minimum absolute atomic E-state index is 0.116. The van der Waals surface area contributed by atoms with Crippen molar-refractivity contribution >= 4 is 43.5 Å². The lowest BCUT2D eigenvalue weighted by atomic mass is 9.95. The molecule has 7 nitrogen and oxygen atoms in total. The predicted octanol–water partition coefficient (Wildman–Crippen LogP) is 4.78. The minimum atomic E-state index is -3.75. The number of hydrogen-bond donors (Lipinski definition) is 1. The second-order valence-electron chi connectivity index (χ2n) is 9.52. The highest BCUT2D eigenvalue weighted by Crippen LogP contribution is 2.24. The number of hydrogen-bond acceptors (Lipinski definition) is 4. The van der Waals surface area contributed by atoms with Crippen molar-refractivity contribution in [2.75, 3.05) is 17.1 Å². The summed E-state index contributed by atoms with van der Waals surface area (Å²) in [6, 6.07) is 14.0. The molecular weight excluding hydrogens is 542 g/mol. The second-order valence-corrected chi connectivity index (χ2v) is 12.3. The molecule has 0 spiro atoms. The maximum atomic E-state index is 13.8. The van der Waals surface area contributed by atoms with Crippen LogP contribution in [-0.4, -0.2) is 50.0 Å². The van der Waals surface area contributed by atoms with E-state index in [4.69, 9.17) is 0 Å². The molecule has 1 saturated carbocycles. The molecule has 0 saturated heterocycles. The molecule has 36 heavy (non-hydrogen) atoms. The van der Waals surface area contributed by atoms with Crippen molar-refractivity contribution in [2.24, 2.45) is 0 Å². The van der Waals surface area contributed by atoms with Crippen molar-refractivity contribution in [3.05, 3.63) is 64.1 Å². The van der Waals surface area contributed by atoms with Crippen LogP contribution in [0.1, 0.15) is 56.6 Å². The fourth-order valence-corrected chi connectivity index (χ4v) is 5.83. The molecule has 0 heterocycles. The first-order chi connectivity index (χ1) is 17.1. The van der Waals surface area contributed by atoms with Gasteiger partial charge in [-0.05, 0) is 49.9 Å². The average Bonchev–Trinajstić information content (AvgIpc) is 2.83. The van der Waals surface area contributed by atoms with E-state index in [-0.39, 0.29) is 18.5 Å². The van der Waals surface area contributed by atoms with Crippen LogP contribution in [0, 0.1) is 6.92 Å². The van der Waals surface area contributed by atoms with Crippen LogP contribution in [0.4, 0.5) is 5.69 Å². The number of aryl methyl sites for hydroxylation is 1. The van der Waals surface area contributed by atoms with E-state index in [0.29, 0.717) is 16.6 Å². The molecule has 196 valence electrons. The Morgan fingerprint density at radius 2 is 1.75 bits per heavy atom. The number of rotatable bonds is 10. The lowest BCUT2D eigenvalue weighted by Crippen LogP contribution is -2.53. The van der Waals surface area contributed by atoms with Crippen LogP contribution >= 0.6 is 15.9 Å². The molecule has 2 aromatic carbocycles. The number of carbonyl (C=O) groups excluding carboxylic acids is 2. The molecule has 0 aliphatic heterocycles. The van der Waals surface area contributed by atoms with Gasteiger partial charge in [-0.3, -0.25) is 13.9 Å². The van der Waals surface area contributed by atoms with E-state index in [1.54, 1.807) is 24.3 Å². The summed E-state index contributed by atoms with van der Waals surface area (Å²) in [6.45, 7) is 3.68. The average molecular weight is 579 g/mol. The summed E-state index contributed by atoms with van der Waals surface area (Å²) in [4.78, 5) is 28.7. The monoisotopic (exact) mass is 577 g/mol. The molecule has 0 bridgehead atoms. The molecule has 1 unspecified atom stereocenters. The molecule has 1 aliphatic carbocycles. The van der Waals surface area contributed by atoms with Crippen molar-refractivity contribution in [1.82, 2.24) is 10.2 Å². The fourth-order valence-electron chi connectivity index (χ4n) is 4.60. The van der Waals surface area contributed by atoms with Crippen molar-refractivity contribution in [2.45, 2.75) is 71.0 Å². The Bertz CT molecular complexity index is 1150. The summed E-state index contributed by atoms with van der Waals surface area (Å²) < 4.78 is 27.2. The number of nitrogens with one attached hydrogen (secondary N) is 1. The van der Waals surface area contributed by atoms with Crippen LogP contribution in [0.15, 0.2) is 53.0 Å². The second kappa shape index (κ2) is 12.7. The van der Waals surface area contributed by atoms with Gasteiger partial charge in [0, 0.05) is 17.1 Å². The fraction of sp³-hybridized carbons (Fsp3) is 0.481. The Morgan fingerprint density at radius 3 is 2.33 bits per heavy atom. The molecule has 3 rings (SSSR count). The van der Waals surface area contributed by atoms with Gasteiger partial charge in [0.25, 0.3) is 0 Å². The Labute approximate surface area is 223 Å². The summed E-state index contributed by atoms with van der Waals surface area (Å²) >= 11 is 3.37. The van der Waals surface area contributed by atoms with Crippen molar-refractivity contribution in [1.29, 1.82) is 0 Å². The van der Waals surface area contributed by atoms with Crippen molar-refractivity contribution in [3.8, 4) is 0 Å². The zero-order chi connectivity index (χ0) is 26.3. The quantitative estimate of drug-likeness (QED) is 0.440. The summed E-state index contributed by atoms with van der Waals surface area (Å²) in [5.41, 5.74) is 2.36. The van der Waals surface area contributed by atoms with Gasteiger partial charge in [-0.15, -0.1) is 0 Å². The molecule has 1 N–H and O–H groups in total. The Balaban J connectivity index is 1.90. The van der Waals surface area contributed by atoms with Gasteiger partial charge in [0.1, 0.15) is 12.6 Å². The zero-order valence-electron chi connectivity index (χ0n) is 21.2. The highest BCUT2D eigenvalue weighted by atomic mass is 79.9. The van der Waals surface area contributed by atoms with E-state index in [1.165, 1.54) is 11.3 Å². The minimum Gasteiger partial charge on any atom is -0.352 e. The predicted molar refractivity (Wildman–Crippen MR) is 147 cm³/mol. The summed E-state index contributed by atoms with van der Waals surface area (Å²) in [5.74, 6) is -0.607. The van der Waals surface area contributed by atoms with Gasteiger partial charge < -0.3 is 10.2 Å². The number of sulfonamides is 1. The number of benzene rings is 2. The first kappa shape index (κ1) is 28.2. The van der Waals surface area contributed by atoms with E-state index < -0.39 is 28.5 Å². The molecule has 0 radical (unpaired) electrons. The van der Waals surface area contributed by atoms with Crippen LogP contribution in [0.2, 0.25) is 0 Å². The van der Waals surface area contributed by atoms with Crippen LogP contribution in [0.25, 0.3) is 0 Å². The number of amides is 2. The van der Waals surface area contributed by atoms with Gasteiger partial charge in [-0.25, -0.2) is 8.42 Å². The van der Waals surface area contributed by atoms with E-state index in [2.05, 4.69) is 21.2 Å². The lowest BCUT2D eigenvalue weighted by Gasteiger charge is -2.34. The SMILES string of the molecule is CCC(C(=O)NC1CCCCC1)N(Cc1ccc(C)cc1)C(=O)CN(c1cccc(Br)c1)S(C)(=O)=O. The highest BCUT2D eigenvalue weighted by molar-refractivity contribution is 9.10. The number of halogens is 1. The van der Waals surface area contributed by atoms with Gasteiger partial charge in [0.15, 0.2) is 0 Å². The molecule has 1 atom stereocenters. The number of nitrogens with zero attached hydrogens (tertiary/aromatic N) is 2. The zero-order valence-corrected chi connectivity index (χ0v) is 23.6. The first-order valence-corrected chi connectivity index (χ1v) is 15.1. The smallest absolute Gasteiger partial charge is 0.244 e. The summed E-state index contributed by atoms with van der Waals surface area (Å²) in [6.07, 6.45) is 6.74. The molecular formula is C27H36BrN3O4S. The molecule has 9 heteroatoms. The van der Waals surface area contributed by atoms with Crippen LogP contribution in [0.5, 0.6) is 0 Å². The van der Waals surface area contributed by atoms with Gasteiger partial charge in [0.05, 0.1) is 11.9 Å². The maximum absolute atomic E-state index is 13.8. The van der Waals surface area contributed by atoms with Crippen LogP contribution in [-0.2, 0) is 26.2 Å². The normalized spacial score (nSPS) is 15.2. The molecule has 2 aromatic rings. The van der Waals surface area contributed by atoms with E-state index in [0.717, 1.165) is 47.4 Å². The summed E-state index contributed by atoms with van der Waals surface area (Å²) in [5, 5.41) is 3.15. The third-order valence-corrected chi connectivity index (χ3v) is 8.22. The molecule has 1 aliphatic rings. The Kier molecular flexibility index (Phi) is 9.96. The number of anilines is 1. The topological polar surface area (TPSA) is 86.8 Å². The van der Waals surface area contributed by atoms with Crippen LogP contribution < -0.4 is 9.62 Å². The van der Waals surface area contributed by atoms with Crippen molar-refractivity contribution < 1.29 is 18.0 Å². The van der Waals surface area contributed by atoms with Gasteiger partial charge in [-0.1, -0.05) is 78.0 Å². The largest absolute Gasteiger partial charge is 0.352 e. The molecule has 0 aromatic heterocycles. The van der Waals surface area contributed by atoms with E-state index in [1.807, 2.05) is 38.1 Å². The van der Waals surface area contributed by atoms with Gasteiger partial charge in [0.2, 0.25) is 21.8 Å². The standard InChI is InChI=1S/C27H36BrN3O4S/c1-4-25(27(33)29-23-10-6-5-7-11-23)30(18-21-15-13-20(2)14-16-21)26(32)19-31(36(3,34)35)24-12-8-9-22(28)17-24/h8-9,12-17,23,25H,4-7,10-11,18-19H2,1-3H3,(H,29,33). The van der Waals surface area contributed by atoms with Gasteiger partial charge in [-0.2, -0.15) is 0 Å². The van der Waals surface area contributed by atoms with Gasteiger partial charge >= 0.3 is 0 Å². The highest BCUT2D eigenvalue weighted by Gasteiger charge is 2.32. The Morgan fingerprint density at radius 1 is 1.08 bits per heavy atom. The Hall–Kier alpha value is -2.39. The molecule has 2 amide bonds. The maximum Gasteiger partial charge on any atom is 0.244 e. The molecule has 1 fully saturated rings. The van der Waals surface area contributed by atoms with E-state index in [9.17, 15) is 18.0 Å². The first-order valence-electron chi connectivity index (χ1n) is 12.5. The van der Waals surface area contributed by atoms with Crippen molar-refractivity contribution in [3.63, 3.8) is 0 Å². The lowest BCUT2D eigenvalue weighted by molar-refractivity contribution is -0.140. The third kappa shape index (κ3) is 7.80. The number of carbonyl (C=O) groups is 2.